The minimum atomic E-state index is -1.58. The second-order valence-electron chi connectivity index (χ2n) is 6.67. The van der Waals surface area contributed by atoms with Crippen molar-refractivity contribution in [2.24, 2.45) is 5.92 Å². The van der Waals surface area contributed by atoms with Gasteiger partial charge in [0.15, 0.2) is 9.04 Å². The molecule has 1 aliphatic carbocycles. The highest BCUT2D eigenvalue weighted by Crippen LogP contribution is 2.37. The third-order valence-corrected chi connectivity index (χ3v) is 8.38. The van der Waals surface area contributed by atoms with E-state index in [0.717, 1.165) is 0 Å². The standard InChI is InChI=1S/C14H28O2Si2/c1-11-6-7-12-10-13(15-17(2)3)8-9-14(12)16-18(11,4)5/h6,12-14,17H,7-10H2,1-5H3/t12-,13+,14-/m0/s1. The Labute approximate surface area is 115 Å². The van der Waals surface area contributed by atoms with E-state index in [1.54, 1.807) is 0 Å². The van der Waals surface area contributed by atoms with Gasteiger partial charge in [-0.2, -0.15) is 0 Å². The van der Waals surface area contributed by atoms with Crippen LogP contribution < -0.4 is 0 Å². The van der Waals surface area contributed by atoms with E-state index in [0.29, 0.717) is 18.1 Å². The van der Waals surface area contributed by atoms with Crippen LogP contribution in [0.2, 0.25) is 26.2 Å². The van der Waals surface area contributed by atoms with Crippen molar-refractivity contribution in [3.8, 4) is 0 Å². The number of hydrogen-bond donors (Lipinski definition) is 0. The molecule has 0 bridgehead atoms. The third-order valence-electron chi connectivity index (χ3n) is 4.45. The van der Waals surface area contributed by atoms with E-state index in [4.69, 9.17) is 8.85 Å². The summed E-state index contributed by atoms with van der Waals surface area (Å²) in [5.41, 5.74) is 0. The molecule has 0 saturated heterocycles. The van der Waals surface area contributed by atoms with Gasteiger partial charge in [0, 0.05) is 12.2 Å². The van der Waals surface area contributed by atoms with Crippen molar-refractivity contribution in [2.75, 3.05) is 0 Å². The Morgan fingerprint density at radius 2 is 2.06 bits per heavy atom. The van der Waals surface area contributed by atoms with Gasteiger partial charge in [0.2, 0.25) is 8.32 Å². The molecule has 1 heterocycles. The molecule has 2 aliphatic rings. The van der Waals surface area contributed by atoms with Crippen LogP contribution in [-0.2, 0) is 8.85 Å². The maximum Gasteiger partial charge on any atom is 0.214 e. The number of hydrogen-bond acceptors (Lipinski definition) is 2. The van der Waals surface area contributed by atoms with Gasteiger partial charge in [0.25, 0.3) is 0 Å². The summed E-state index contributed by atoms with van der Waals surface area (Å²) in [5.74, 6) is 0.695. The second kappa shape index (κ2) is 5.61. The van der Waals surface area contributed by atoms with Crippen LogP contribution >= 0.6 is 0 Å². The first kappa shape index (κ1) is 14.5. The molecule has 4 heteroatoms. The van der Waals surface area contributed by atoms with E-state index in [2.05, 4.69) is 39.2 Å². The van der Waals surface area contributed by atoms with Gasteiger partial charge in [-0.05, 0) is 64.7 Å². The van der Waals surface area contributed by atoms with E-state index in [-0.39, 0.29) is 0 Å². The summed E-state index contributed by atoms with van der Waals surface area (Å²) < 4.78 is 12.6. The van der Waals surface area contributed by atoms with Crippen LogP contribution in [-0.4, -0.2) is 29.6 Å². The Kier molecular flexibility index (Phi) is 4.52. The third kappa shape index (κ3) is 3.35. The molecular formula is C14H28O2Si2. The Morgan fingerprint density at radius 3 is 2.72 bits per heavy atom. The molecule has 1 saturated carbocycles. The van der Waals surface area contributed by atoms with Crippen molar-refractivity contribution in [1.29, 1.82) is 0 Å². The van der Waals surface area contributed by atoms with Crippen LogP contribution in [0, 0.1) is 5.92 Å². The molecule has 18 heavy (non-hydrogen) atoms. The monoisotopic (exact) mass is 284 g/mol. The zero-order valence-electron chi connectivity index (χ0n) is 12.5. The smallest absolute Gasteiger partial charge is 0.214 e. The lowest BCUT2D eigenvalue weighted by Gasteiger charge is -2.38. The van der Waals surface area contributed by atoms with Crippen LogP contribution in [0.1, 0.15) is 32.6 Å². The Balaban J connectivity index is 2.02. The first-order valence-corrected chi connectivity index (χ1v) is 13.1. The highest BCUT2D eigenvalue weighted by Gasteiger charge is 2.38. The molecule has 2 rings (SSSR count). The summed E-state index contributed by atoms with van der Waals surface area (Å²) in [6, 6.07) is 0. The summed E-state index contributed by atoms with van der Waals surface area (Å²) in [7, 11) is -2.47. The van der Waals surface area contributed by atoms with Crippen molar-refractivity contribution in [1.82, 2.24) is 0 Å². The minimum Gasteiger partial charge on any atom is -0.418 e. The van der Waals surface area contributed by atoms with Gasteiger partial charge in [0.1, 0.15) is 0 Å². The van der Waals surface area contributed by atoms with Crippen molar-refractivity contribution in [3.63, 3.8) is 0 Å². The number of fused-ring (bicyclic) bond motifs is 1. The SMILES string of the molecule is CC1=CC[C@H]2C[C@H](O[SiH](C)C)CC[C@@H]2O[Si]1(C)C. The molecule has 0 aromatic heterocycles. The van der Waals surface area contributed by atoms with E-state index >= 15 is 0 Å². The fourth-order valence-corrected chi connectivity index (χ4v) is 6.03. The molecule has 0 aromatic rings. The number of rotatable bonds is 2. The van der Waals surface area contributed by atoms with Gasteiger partial charge < -0.3 is 8.85 Å². The molecule has 0 unspecified atom stereocenters. The molecule has 1 aliphatic heterocycles. The van der Waals surface area contributed by atoms with Crippen LogP contribution in [0.25, 0.3) is 0 Å². The lowest BCUT2D eigenvalue weighted by Crippen LogP contribution is -2.42. The predicted molar refractivity (Wildman–Crippen MR) is 81.8 cm³/mol. The molecular weight excluding hydrogens is 256 g/mol. The summed E-state index contributed by atoms with van der Waals surface area (Å²) in [5, 5.41) is 1.52. The summed E-state index contributed by atoms with van der Waals surface area (Å²) in [6.07, 6.45) is 8.28. The van der Waals surface area contributed by atoms with Gasteiger partial charge in [-0.3, -0.25) is 0 Å². The zero-order chi connectivity index (χ0) is 13.3. The fourth-order valence-electron chi connectivity index (χ4n) is 3.15. The first-order chi connectivity index (χ1) is 8.38. The van der Waals surface area contributed by atoms with E-state index < -0.39 is 17.4 Å². The first-order valence-electron chi connectivity index (χ1n) is 7.39. The van der Waals surface area contributed by atoms with Gasteiger partial charge in [-0.25, -0.2) is 0 Å². The molecule has 0 N–H and O–H groups in total. The Morgan fingerprint density at radius 1 is 1.33 bits per heavy atom. The maximum absolute atomic E-state index is 6.49. The molecule has 3 atom stereocenters. The van der Waals surface area contributed by atoms with Crippen molar-refractivity contribution >= 4 is 17.4 Å². The lowest BCUT2D eigenvalue weighted by molar-refractivity contribution is 0.0307. The van der Waals surface area contributed by atoms with Crippen LogP contribution in [0.4, 0.5) is 0 Å². The minimum absolute atomic E-state index is 0.494. The topological polar surface area (TPSA) is 18.5 Å². The van der Waals surface area contributed by atoms with E-state index in [1.165, 1.54) is 30.9 Å². The number of allylic oxidation sites excluding steroid dienone is 2. The van der Waals surface area contributed by atoms with Gasteiger partial charge in [-0.15, -0.1) is 0 Å². The molecule has 2 nitrogen and oxygen atoms in total. The van der Waals surface area contributed by atoms with Crippen LogP contribution in [0.15, 0.2) is 11.3 Å². The summed E-state index contributed by atoms with van der Waals surface area (Å²) in [4.78, 5) is 0. The Hall–Kier alpha value is 0.0938. The van der Waals surface area contributed by atoms with Crippen molar-refractivity contribution in [3.05, 3.63) is 11.3 Å². The lowest BCUT2D eigenvalue weighted by atomic mass is 9.83. The maximum atomic E-state index is 6.49. The quantitative estimate of drug-likeness (QED) is 0.721. The van der Waals surface area contributed by atoms with Crippen molar-refractivity contribution < 1.29 is 8.85 Å². The normalized spacial score (nSPS) is 35.9. The van der Waals surface area contributed by atoms with Gasteiger partial charge >= 0.3 is 0 Å². The summed E-state index contributed by atoms with van der Waals surface area (Å²) >= 11 is 0. The predicted octanol–water partition coefficient (Wildman–Crippen LogP) is 3.63. The van der Waals surface area contributed by atoms with Gasteiger partial charge in [-0.1, -0.05) is 11.3 Å². The fraction of sp³-hybridized carbons (Fsp3) is 0.857. The summed E-state index contributed by atoms with van der Waals surface area (Å²) in [6.45, 7) is 11.5. The molecule has 104 valence electrons. The zero-order valence-corrected chi connectivity index (χ0v) is 14.7. The average molecular weight is 285 g/mol. The average Bonchev–Trinajstić information content (AvgIpc) is 2.37. The highest BCUT2D eigenvalue weighted by atomic mass is 28.4. The van der Waals surface area contributed by atoms with E-state index in [9.17, 15) is 0 Å². The molecule has 0 radical (unpaired) electrons. The molecule has 0 amide bonds. The van der Waals surface area contributed by atoms with E-state index in [1.807, 2.05) is 0 Å². The molecule has 1 fully saturated rings. The Bertz CT molecular complexity index is 326. The molecule has 0 spiro atoms. The molecule has 0 aromatic carbocycles. The largest absolute Gasteiger partial charge is 0.418 e. The van der Waals surface area contributed by atoms with Crippen LogP contribution in [0.3, 0.4) is 0 Å². The van der Waals surface area contributed by atoms with Crippen molar-refractivity contribution in [2.45, 2.75) is 71.0 Å². The van der Waals surface area contributed by atoms with Gasteiger partial charge in [0.05, 0.1) is 0 Å². The van der Waals surface area contributed by atoms with Crippen LogP contribution in [0.5, 0.6) is 0 Å². The highest BCUT2D eigenvalue weighted by molar-refractivity contribution is 6.78. The second-order valence-corrected chi connectivity index (χ2v) is 13.1.